The molecular formula is C22H27ClN4O2. The molecule has 0 aliphatic carbocycles. The monoisotopic (exact) mass is 414 g/mol. The van der Waals surface area contributed by atoms with E-state index in [9.17, 15) is 9.59 Å². The maximum Gasteiger partial charge on any atom is 0.239 e. The molecule has 154 valence electrons. The van der Waals surface area contributed by atoms with E-state index < -0.39 is 0 Å². The Labute approximate surface area is 176 Å². The van der Waals surface area contributed by atoms with Crippen molar-refractivity contribution in [3.05, 3.63) is 65.2 Å². The zero-order valence-electron chi connectivity index (χ0n) is 16.4. The lowest BCUT2D eigenvalue weighted by Gasteiger charge is -2.36. The standard InChI is InChI=1S/C22H27ClN4O2/c23-20-9-5-4-6-18(20)10-11-21(28)24-25-22(29)12-13-26-14-16-27(17-15-26)19-7-2-1-3-8-19/h1-9H,10-17H2,(H,24,28)(H,25,29). The summed E-state index contributed by atoms with van der Waals surface area (Å²) in [7, 11) is 0. The predicted octanol–water partition coefficient (Wildman–Crippen LogP) is 2.63. The molecule has 7 heteroatoms. The number of benzene rings is 2. The van der Waals surface area contributed by atoms with E-state index in [1.165, 1.54) is 5.69 Å². The molecule has 1 aliphatic heterocycles. The first-order valence-corrected chi connectivity index (χ1v) is 10.3. The summed E-state index contributed by atoms with van der Waals surface area (Å²) >= 11 is 6.08. The van der Waals surface area contributed by atoms with Crippen molar-refractivity contribution in [3.8, 4) is 0 Å². The molecule has 0 unspecified atom stereocenters. The van der Waals surface area contributed by atoms with Crippen LogP contribution in [0.5, 0.6) is 0 Å². The Balaban J connectivity index is 1.29. The highest BCUT2D eigenvalue weighted by molar-refractivity contribution is 6.31. The van der Waals surface area contributed by atoms with Crippen LogP contribution in [-0.4, -0.2) is 49.4 Å². The van der Waals surface area contributed by atoms with Crippen molar-refractivity contribution in [2.75, 3.05) is 37.6 Å². The van der Waals surface area contributed by atoms with Crippen LogP contribution in [0.4, 0.5) is 5.69 Å². The highest BCUT2D eigenvalue weighted by Gasteiger charge is 2.17. The maximum absolute atomic E-state index is 12.0. The first-order chi connectivity index (χ1) is 14.1. The minimum Gasteiger partial charge on any atom is -0.369 e. The van der Waals surface area contributed by atoms with E-state index in [1.807, 2.05) is 24.3 Å². The number of amides is 2. The number of piperazine rings is 1. The molecule has 1 heterocycles. The van der Waals surface area contributed by atoms with Gasteiger partial charge in [-0.15, -0.1) is 0 Å². The third-order valence-electron chi connectivity index (χ3n) is 5.07. The van der Waals surface area contributed by atoms with E-state index in [-0.39, 0.29) is 18.2 Å². The van der Waals surface area contributed by atoms with Gasteiger partial charge in [0.1, 0.15) is 0 Å². The van der Waals surface area contributed by atoms with Crippen molar-refractivity contribution in [3.63, 3.8) is 0 Å². The second-order valence-electron chi connectivity index (χ2n) is 7.10. The van der Waals surface area contributed by atoms with Gasteiger partial charge in [0.15, 0.2) is 0 Å². The van der Waals surface area contributed by atoms with E-state index in [1.54, 1.807) is 6.07 Å². The van der Waals surface area contributed by atoms with Crippen LogP contribution < -0.4 is 15.8 Å². The summed E-state index contributed by atoms with van der Waals surface area (Å²) in [6.45, 7) is 4.43. The molecule has 2 aromatic rings. The number of hydrogen-bond donors (Lipinski definition) is 2. The van der Waals surface area contributed by atoms with Gasteiger partial charge >= 0.3 is 0 Å². The number of carbonyl (C=O) groups excluding carboxylic acids is 2. The molecule has 2 N–H and O–H groups in total. The van der Waals surface area contributed by atoms with Gasteiger partial charge in [0, 0.05) is 56.3 Å². The number of hydrazine groups is 1. The summed E-state index contributed by atoms with van der Waals surface area (Å²) in [4.78, 5) is 28.6. The minimum atomic E-state index is -0.227. The first-order valence-electron chi connectivity index (χ1n) is 9.95. The van der Waals surface area contributed by atoms with Gasteiger partial charge in [0.05, 0.1) is 0 Å². The number of halogens is 1. The number of hydrogen-bond acceptors (Lipinski definition) is 4. The number of anilines is 1. The van der Waals surface area contributed by atoms with Crippen molar-refractivity contribution in [2.24, 2.45) is 0 Å². The van der Waals surface area contributed by atoms with Gasteiger partial charge in [-0.05, 0) is 30.2 Å². The molecule has 2 aromatic carbocycles. The van der Waals surface area contributed by atoms with Crippen molar-refractivity contribution < 1.29 is 9.59 Å². The summed E-state index contributed by atoms with van der Waals surface area (Å²) in [6.07, 6.45) is 1.16. The molecule has 0 spiro atoms. The van der Waals surface area contributed by atoms with Crippen LogP contribution in [0.3, 0.4) is 0 Å². The van der Waals surface area contributed by atoms with Gasteiger partial charge in [-0.2, -0.15) is 0 Å². The van der Waals surface area contributed by atoms with E-state index in [0.29, 0.717) is 24.4 Å². The fourth-order valence-electron chi connectivity index (χ4n) is 3.34. The Morgan fingerprint density at radius 3 is 2.14 bits per heavy atom. The SMILES string of the molecule is O=C(CCc1ccccc1Cl)NNC(=O)CCN1CCN(c2ccccc2)CC1. The Bertz CT molecular complexity index is 807. The number of carbonyl (C=O) groups is 2. The lowest BCUT2D eigenvalue weighted by Crippen LogP contribution is -2.48. The lowest BCUT2D eigenvalue weighted by atomic mass is 10.1. The highest BCUT2D eigenvalue weighted by atomic mass is 35.5. The molecule has 0 atom stereocenters. The van der Waals surface area contributed by atoms with Crippen LogP contribution in [0.15, 0.2) is 54.6 Å². The molecule has 1 fully saturated rings. The van der Waals surface area contributed by atoms with Gasteiger partial charge in [0.25, 0.3) is 0 Å². The summed E-state index contributed by atoms with van der Waals surface area (Å²) in [5.41, 5.74) is 7.14. The van der Waals surface area contributed by atoms with Gasteiger partial charge in [-0.1, -0.05) is 48.0 Å². The number of para-hydroxylation sites is 1. The maximum atomic E-state index is 12.0. The fourth-order valence-corrected chi connectivity index (χ4v) is 3.57. The average Bonchev–Trinajstić information content (AvgIpc) is 2.76. The van der Waals surface area contributed by atoms with Crippen molar-refractivity contribution in [2.45, 2.75) is 19.3 Å². The van der Waals surface area contributed by atoms with Crippen LogP contribution >= 0.6 is 11.6 Å². The van der Waals surface area contributed by atoms with Gasteiger partial charge in [0.2, 0.25) is 11.8 Å². The van der Waals surface area contributed by atoms with Crippen molar-refractivity contribution in [1.29, 1.82) is 0 Å². The summed E-state index contributed by atoms with van der Waals surface area (Å²) in [6, 6.07) is 17.8. The molecule has 0 radical (unpaired) electrons. The van der Waals surface area contributed by atoms with E-state index in [4.69, 9.17) is 11.6 Å². The first kappa shape index (κ1) is 21.1. The van der Waals surface area contributed by atoms with Crippen molar-refractivity contribution in [1.82, 2.24) is 15.8 Å². The Hall–Kier alpha value is -2.57. The normalized spacial score (nSPS) is 14.4. The molecule has 3 rings (SSSR count). The molecule has 0 aromatic heterocycles. The summed E-state index contributed by atoms with van der Waals surface area (Å²) < 4.78 is 0. The zero-order chi connectivity index (χ0) is 20.5. The quantitative estimate of drug-likeness (QED) is 0.683. The Morgan fingerprint density at radius 2 is 1.45 bits per heavy atom. The molecule has 6 nitrogen and oxygen atoms in total. The van der Waals surface area contributed by atoms with Crippen LogP contribution in [0.2, 0.25) is 5.02 Å². The van der Waals surface area contributed by atoms with Crippen molar-refractivity contribution >= 4 is 29.1 Å². The van der Waals surface area contributed by atoms with Gasteiger partial charge in [-0.25, -0.2) is 0 Å². The van der Waals surface area contributed by atoms with Crippen LogP contribution in [0, 0.1) is 0 Å². The topological polar surface area (TPSA) is 64.7 Å². The third kappa shape index (κ3) is 6.76. The molecular weight excluding hydrogens is 388 g/mol. The minimum absolute atomic E-state index is 0.179. The number of aryl methyl sites for hydroxylation is 1. The van der Waals surface area contributed by atoms with E-state index in [2.05, 4.69) is 44.9 Å². The lowest BCUT2D eigenvalue weighted by molar-refractivity contribution is -0.129. The molecule has 1 aliphatic rings. The second kappa shape index (κ2) is 10.8. The van der Waals surface area contributed by atoms with Gasteiger partial charge in [-0.3, -0.25) is 25.3 Å². The number of rotatable bonds is 7. The summed E-state index contributed by atoms with van der Waals surface area (Å²) in [5.74, 6) is -0.406. The van der Waals surface area contributed by atoms with E-state index in [0.717, 1.165) is 31.7 Å². The second-order valence-corrected chi connectivity index (χ2v) is 7.51. The van der Waals surface area contributed by atoms with Crippen LogP contribution in [0.25, 0.3) is 0 Å². The molecule has 0 bridgehead atoms. The largest absolute Gasteiger partial charge is 0.369 e. The van der Waals surface area contributed by atoms with Gasteiger partial charge < -0.3 is 4.90 Å². The molecule has 2 amide bonds. The fraction of sp³-hybridized carbons (Fsp3) is 0.364. The average molecular weight is 415 g/mol. The van der Waals surface area contributed by atoms with E-state index >= 15 is 0 Å². The number of nitrogens with zero attached hydrogens (tertiary/aromatic N) is 2. The van der Waals surface area contributed by atoms with Crippen LogP contribution in [-0.2, 0) is 16.0 Å². The molecule has 0 saturated carbocycles. The highest BCUT2D eigenvalue weighted by Crippen LogP contribution is 2.17. The molecule has 29 heavy (non-hydrogen) atoms. The number of nitrogens with one attached hydrogen (secondary N) is 2. The smallest absolute Gasteiger partial charge is 0.239 e. The molecule has 1 saturated heterocycles. The Kier molecular flexibility index (Phi) is 7.90. The Morgan fingerprint density at radius 1 is 0.828 bits per heavy atom. The third-order valence-corrected chi connectivity index (χ3v) is 5.44. The van der Waals surface area contributed by atoms with Crippen LogP contribution in [0.1, 0.15) is 18.4 Å². The summed E-state index contributed by atoms with van der Waals surface area (Å²) in [5, 5.41) is 0.650. The predicted molar refractivity (Wildman–Crippen MR) is 116 cm³/mol. The zero-order valence-corrected chi connectivity index (χ0v) is 17.2.